The highest BCUT2D eigenvalue weighted by molar-refractivity contribution is 7.98. The molecule has 0 bridgehead atoms. The molecule has 17 heavy (non-hydrogen) atoms. The van der Waals surface area contributed by atoms with E-state index < -0.39 is 0 Å². The summed E-state index contributed by atoms with van der Waals surface area (Å²) in [5.74, 6) is 3.42. The molecule has 2 heterocycles. The van der Waals surface area contributed by atoms with Crippen molar-refractivity contribution in [3.05, 3.63) is 21.4 Å². The molecule has 0 N–H and O–H groups in total. The number of Topliss-reactive ketones (excluding diaryl/α,β-unsaturated/α-hetero) is 1. The van der Waals surface area contributed by atoms with Gasteiger partial charge in [0.25, 0.3) is 0 Å². The molecule has 0 atom stereocenters. The minimum atomic E-state index is 0.404. The topological polar surface area (TPSA) is 17.1 Å². The number of rotatable bonds is 3. The quantitative estimate of drug-likeness (QED) is 0.759. The molecule has 1 aromatic rings. The number of fused-ring (bicyclic) bond motifs is 1. The Hall–Kier alpha value is -0.280. The number of carbonyl (C=O) groups is 1. The molecule has 1 nitrogen and oxygen atoms in total. The predicted molar refractivity (Wildman–Crippen MR) is 75.1 cm³/mol. The van der Waals surface area contributed by atoms with E-state index in [9.17, 15) is 4.79 Å². The predicted octanol–water partition coefficient (Wildman–Crippen LogP) is 4.30. The van der Waals surface area contributed by atoms with Crippen LogP contribution < -0.4 is 0 Å². The molecule has 0 aromatic carbocycles. The van der Waals surface area contributed by atoms with Crippen LogP contribution in [0.15, 0.2) is 6.07 Å². The molecule has 0 spiro atoms. The first-order chi connectivity index (χ1) is 8.33. The van der Waals surface area contributed by atoms with E-state index in [2.05, 4.69) is 6.07 Å². The van der Waals surface area contributed by atoms with Crippen molar-refractivity contribution < 1.29 is 4.79 Å². The summed E-state index contributed by atoms with van der Waals surface area (Å²) in [5.41, 5.74) is 1.43. The minimum absolute atomic E-state index is 0.404. The van der Waals surface area contributed by atoms with E-state index in [4.69, 9.17) is 0 Å². The zero-order valence-corrected chi connectivity index (χ0v) is 11.7. The molecule has 92 valence electrons. The van der Waals surface area contributed by atoms with E-state index in [0.29, 0.717) is 11.7 Å². The second-order valence-corrected chi connectivity index (χ2v) is 7.38. The standard InChI is InChI=1S/C14H18OS2/c15-12(7-10-3-1-2-4-10)14-8-11-9-16-6-5-13(11)17-14/h8,10H,1-7,9H2. The summed E-state index contributed by atoms with van der Waals surface area (Å²) < 4.78 is 0. The van der Waals surface area contributed by atoms with Crippen molar-refractivity contribution in [2.24, 2.45) is 5.92 Å². The van der Waals surface area contributed by atoms with Gasteiger partial charge in [-0.2, -0.15) is 11.8 Å². The van der Waals surface area contributed by atoms with Crippen LogP contribution in [-0.2, 0) is 12.2 Å². The number of hydrogen-bond donors (Lipinski definition) is 0. The second kappa shape index (κ2) is 5.15. The highest BCUT2D eigenvalue weighted by Gasteiger charge is 2.22. The lowest BCUT2D eigenvalue weighted by Crippen LogP contribution is -2.03. The van der Waals surface area contributed by atoms with Crippen LogP contribution in [0, 0.1) is 5.92 Å². The normalized spacial score (nSPS) is 20.5. The summed E-state index contributed by atoms with van der Waals surface area (Å²) in [6.45, 7) is 0. The first kappa shape index (κ1) is 11.8. The molecule has 3 heteroatoms. The van der Waals surface area contributed by atoms with Gasteiger partial charge in [0, 0.05) is 17.1 Å². The lowest BCUT2D eigenvalue weighted by Gasteiger charge is -2.08. The van der Waals surface area contributed by atoms with Crippen LogP contribution in [0.1, 0.15) is 52.2 Å². The van der Waals surface area contributed by atoms with Gasteiger partial charge in [-0.05, 0) is 29.7 Å². The number of aryl methyl sites for hydroxylation is 1. The van der Waals surface area contributed by atoms with Crippen molar-refractivity contribution in [2.45, 2.75) is 44.3 Å². The van der Waals surface area contributed by atoms with E-state index in [1.165, 1.54) is 48.3 Å². The molecule has 2 aliphatic rings. The Labute approximate surface area is 111 Å². The van der Waals surface area contributed by atoms with Gasteiger partial charge < -0.3 is 0 Å². The third-order valence-corrected chi connectivity index (χ3v) is 6.14. The molecule has 1 aromatic heterocycles. The average Bonchev–Trinajstić information content (AvgIpc) is 2.96. The molecule has 0 amide bonds. The van der Waals surface area contributed by atoms with Gasteiger partial charge in [0.15, 0.2) is 5.78 Å². The summed E-state index contributed by atoms with van der Waals surface area (Å²) in [6.07, 6.45) is 7.17. The van der Waals surface area contributed by atoms with Gasteiger partial charge in [-0.3, -0.25) is 4.79 Å². The maximum atomic E-state index is 12.2. The van der Waals surface area contributed by atoms with Crippen molar-refractivity contribution in [1.82, 2.24) is 0 Å². The van der Waals surface area contributed by atoms with Crippen molar-refractivity contribution in [2.75, 3.05) is 5.75 Å². The number of carbonyl (C=O) groups excluding carboxylic acids is 1. The molecule has 1 saturated carbocycles. The summed E-state index contributed by atoms with van der Waals surface area (Å²) in [5, 5.41) is 0. The Morgan fingerprint density at radius 1 is 1.35 bits per heavy atom. The Morgan fingerprint density at radius 3 is 2.94 bits per heavy atom. The second-order valence-electron chi connectivity index (χ2n) is 5.14. The Kier molecular flexibility index (Phi) is 3.57. The molecule has 1 fully saturated rings. The zero-order valence-electron chi connectivity index (χ0n) is 10.0. The monoisotopic (exact) mass is 266 g/mol. The maximum absolute atomic E-state index is 12.2. The third-order valence-electron chi connectivity index (χ3n) is 3.85. The highest BCUT2D eigenvalue weighted by Crippen LogP contribution is 2.34. The first-order valence-corrected chi connectivity index (χ1v) is 8.52. The van der Waals surface area contributed by atoms with Crippen LogP contribution in [0.3, 0.4) is 0 Å². The van der Waals surface area contributed by atoms with Crippen molar-refractivity contribution in [1.29, 1.82) is 0 Å². The first-order valence-electron chi connectivity index (χ1n) is 6.55. The van der Waals surface area contributed by atoms with E-state index >= 15 is 0 Å². The summed E-state index contributed by atoms with van der Waals surface area (Å²) in [4.78, 5) is 14.7. The smallest absolute Gasteiger partial charge is 0.173 e. The van der Waals surface area contributed by atoms with Crippen molar-refractivity contribution in [3.63, 3.8) is 0 Å². The van der Waals surface area contributed by atoms with Crippen molar-refractivity contribution >= 4 is 28.9 Å². The third kappa shape index (κ3) is 2.60. The zero-order chi connectivity index (χ0) is 11.7. The fourth-order valence-corrected chi connectivity index (χ4v) is 5.18. The van der Waals surface area contributed by atoms with Gasteiger partial charge in [0.2, 0.25) is 0 Å². The molecule has 1 aliphatic carbocycles. The Morgan fingerprint density at radius 2 is 2.18 bits per heavy atom. The lowest BCUT2D eigenvalue weighted by molar-refractivity contribution is 0.0966. The fourth-order valence-electron chi connectivity index (χ4n) is 2.86. The minimum Gasteiger partial charge on any atom is -0.293 e. The molecule has 0 saturated heterocycles. The summed E-state index contributed by atoms with van der Waals surface area (Å²) in [7, 11) is 0. The van der Waals surface area contributed by atoms with Crippen LogP contribution in [0.25, 0.3) is 0 Å². The van der Waals surface area contributed by atoms with Gasteiger partial charge in [-0.15, -0.1) is 11.3 Å². The van der Waals surface area contributed by atoms with Crippen molar-refractivity contribution in [3.8, 4) is 0 Å². The fraction of sp³-hybridized carbons (Fsp3) is 0.643. The van der Waals surface area contributed by atoms with Crippen LogP contribution >= 0.6 is 23.1 Å². The van der Waals surface area contributed by atoms with Gasteiger partial charge >= 0.3 is 0 Å². The molecule has 1 aliphatic heterocycles. The molecular formula is C14H18OS2. The molecular weight excluding hydrogens is 248 g/mol. The van der Waals surface area contributed by atoms with Crippen LogP contribution in [0.5, 0.6) is 0 Å². The highest BCUT2D eigenvalue weighted by atomic mass is 32.2. The Bertz CT molecular complexity index is 392. The molecule has 3 rings (SSSR count). The van der Waals surface area contributed by atoms with Gasteiger partial charge in [0.1, 0.15) is 0 Å². The van der Waals surface area contributed by atoms with E-state index in [1.807, 2.05) is 11.8 Å². The van der Waals surface area contributed by atoms with Gasteiger partial charge in [-0.1, -0.05) is 25.7 Å². The van der Waals surface area contributed by atoms with Crippen LogP contribution in [-0.4, -0.2) is 11.5 Å². The number of thioether (sulfide) groups is 1. The number of ketones is 1. The molecule has 0 unspecified atom stereocenters. The average molecular weight is 266 g/mol. The van der Waals surface area contributed by atoms with E-state index in [0.717, 1.165) is 17.1 Å². The SMILES string of the molecule is O=C(CC1CCCC1)c1cc2c(s1)CCSC2. The van der Waals surface area contributed by atoms with Crippen LogP contribution in [0.4, 0.5) is 0 Å². The lowest BCUT2D eigenvalue weighted by atomic mass is 10.0. The molecule has 0 radical (unpaired) electrons. The van der Waals surface area contributed by atoms with E-state index in [-0.39, 0.29) is 0 Å². The van der Waals surface area contributed by atoms with Gasteiger partial charge in [0.05, 0.1) is 4.88 Å². The van der Waals surface area contributed by atoms with E-state index in [1.54, 1.807) is 11.3 Å². The van der Waals surface area contributed by atoms with Crippen LogP contribution in [0.2, 0.25) is 0 Å². The van der Waals surface area contributed by atoms with Gasteiger partial charge in [-0.25, -0.2) is 0 Å². The summed E-state index contributed by atoms with van der Waals surface area (Å²) in [6, 6.07) is 2.17. The maximum Gasteiger partial charge on any atom is 0.173 e. The largest absolute Gasteiger partial charge is 0.293 e. The summed E-state index contributed by atoms with van der Waals surface area (Å²) >= 11 is 3.75. The Balaban J connectivity index is 1.70. The number of thiophene rings is 1. The number of hydrogen-bond acceptors (Lipinski definition) is 3.